The van der Waals surface area contributed by atoms with Gasteiger partial charge in [0.25, 0.3) is 0 Å². The van der Waals surface area contributed by atoms with Crippen molar-refractivity contribution < 1.29 is 19.8 Å². The van der Waals surface area contributed by atoms with Gasteiger partial charge >= 0.3 is 5.97 Å². The first-order valence-corrected chi connectivity index (χ1v) is 8.99. The Morgan fingerprint density at radius 3 is 2.79 bits per heavy atom. The van der Waals surface area contributed by atoms with E-state index in [4.69, 9.17) is 5.11 Å². The van der Waals surface area contributed by atoms with Gasteiger partial charge in [-0.25, -0.2) is 0 Å². The van der Waals surface area contributed by atoms with E-state index in [-0.39, 0.29) is 24.0 Å². The summed E-state index contributed by atoms with van der Waals surface area (Å²) >= 11 is 0. The topological polar surface area (TPSA) is 74.6 Å². The molecule has 0 heterocycles. The molecule has 4 nitrogen and oxygen atoms in total. The standard InChI is InChI=1S/C20H30O4/c1-2-3-6-9-17(21)14-12-16-13-15-19(22)18(16)10-7-4-5-8-11-20(23)24/h4,7,12-18,21H,2-3,5-6,8-11H2,1H3,(H,23,24)/b7-4+,14-12+/t16-,17-,18+/m0/s1. The van der Waals surface area contributed by atoms with Crippen molar-refractivity contribution in [1.82, 2.24) is 0 Å². The molecule has 0 saturated carbocycles. The van der Waals surface area contributed by atoms with Crippen molar-refractivity contribution in [1.29, 1.82) is 0 Å². The summed E-state index contributed by atoms with van der Waals surface area (Å²) in [5, 5.41) is 18.5. The Morgan fingerprint density at radius 2 is 2.08 bits per heavy atom. The van der Waals surface area contributed by atoms with Crippen LogP contribution in [0.3, 0.4) is 0 Å². The van der Waals surface area contributed by atoms with Crippen molar-refractivity contribution >= 4 is 11.8 Å². The number of ketones is 1. The second-order valence-corrected chi connectivity index (χ2v) is 6.39. The van der Waals surface area contributed by atoms with Gasteiger partial charge in [-0.3, -0.25) is 9.59 Å². The van der Waals surface area contributed by atoms with Crippen molar-refractivity contribution in [3.63, 3.8) is 0 Å². The normalized spacial score (nSPS) is 22.0. The minimum atomic E-state index is -0.777. The van der Waals surface area contributed by atoms with E-state index in [0.29, 0.717) is 12.8 Å². The molecule has 0 aromatic heterocycles. The molecule has 1 aliphatic rings. The van der Waals surface area contributed by atoms with Crippen LogP contribution in [0.2, 0.25) is 0 Å². The highest BCUT2D eigenvalue weighted by Gasteiger charge is 2.27. The van der Waals surface area contributed by atoms with Crippen LogP contribution in [0.25, 0.3) is 0 Å². The van der Waals surface area contributed by atoms with Gasteiger partial charge in [0.05, 0.1) is 6.10 Å². The number of carboxylic acids is 1. The molecule has 24 heavy (non-hydrogen) atoms. The molecule has 2 N–H and O–H groups in total. The number of aliphatic hydroxyl groups is 1. The number of hydrogen-bond acceptors (Lipinski definition) is 3. The Morgan fingerprint density at radius 1 is 1.29 bits per heavy atom. The maximum atomic E-state index is 12.0. The fraction of sp³-hybridized carbons (Fsp3) is 0.600. The lowest BCUT2D eigenvalue weighted by atomic mass is 9.90. The minimum Gasteiger partial charge on any atom is -0.481 e. The molecule has 134 valence electrons. The predicted molar refractivity (Wildman–Crippen MR) is 95.7 cm³/mol. The molecule has 0 amide bonds. The molecular formula is C20H30O4. The molecule has 3 atom stereocenters. The van der Waals surface area contributed by atoms with Gasteiger partial charge in [-0.1, -0.05) is 56.6 Å². The van der Waals surface area contributed by atoms with E-state index >= 15 is 0 Å². The number of carboxylic acid groups (broad SMARTS) is 1. The van der Waals surface area contributed by atoms with E-state index in [1.54, 1.807) is 6.08 Å². The zero-order valence-corrected chi connectivity index (χ0v) is 14.6. The molecule has 1 rings (SSSR count). The fourth-order valence-electron chi connectivity index (χ4n) is 2.81. The van der Waals surface area contributed by atoms with Crippen LogP contribution < -0.4 is 0 Å². The number of aliphatic hydroxyl groups excluding tert-OH is 1. The molecular weight excluding hydrogens is 304 g/mol. The molecule has 0 spiro atoms. The van der Waals surface area contributed by atoms with Gasteiger partial charge in [0.2, 0.25) is 0 Å². The Bertz CT molecular complexity index is 476. The van der Waals surface area contributed by atoms with Crippen molar-refractivity contribution in [2.45, 2.75) is 64.4 Å². The number of carbonyl (C=O) groups excluding carboxylic acids is 1. The first-order chi connectivity index (χ1) is 11.5. The molecule has 0 saturated heterocycles. The smallest absolute Gasteiger partial charge is 0.303 e. The third-order valence-electron chi connectivity index (χ3n) is 4.29. The second-order valence-electron chi connectivity index (χ2n) is 6.39. The van der Waals surface area contributed by atoms with Crippen LogP contribution in [-0.4, -0.2) is 28.1 Å². The highest BCUT2D eigenvalue weighted by Crippen LogP contribution is 2.27. The molecule has 0 fully saturated rings. The van der Waals surface area contributed by atoms with E-state index in [2.05, 4.69) is 6.92 Å². The molecule has 0 radical (unpaired) electrons. The first kappa shape index (κ1) is 20.4. The first-order valence-electron chi connectivity index (χ1n) is 8.99. The van der Waals surface area contributed by atoms with Crippen LogP contribution in [0.1, 0.15) is 58.3 Å². The lowest BCUT2D eigenvalue weighted by Crippen LogP contribution is -2.14. The Hall–Kier alpha value is -1.68. The number of carbonyl (C=O) groups is 2. The third-order valence-corrected chi connectivity index (χ3v) is 4.29. The SMILES string of the molecule is CCCCC[C@H](O)/C=C/[C@H]1C=CC(=O)[C@@H]1C/C=C/CCCC(=O)O. The average molecular weight is 334 g/mol. The van der Waals surface area contributed by atoms with Gasteiger partial charge in [-0.05, 0) is 31.8 Å². The molecule has 4 heteroatoms. The summed E-state index contributed by atoms with van der Waals surface area (Å²) in [5.74, 6) is -0.705. The van der Waals surface area contributed by atoms with Gasteiger partial charge in [-0.15, -0.1) is 0 Å². The van der Waals surface area contributed by atoms with E-state index < -0.39 is 12.1 Å². The molecule has 0 bridgehead atoms. The largest absolute Gasteiger partial charge is 0.481 e. The Kier molecular flexibility index (Phi) is 10.0. The molecule has 0 aromatic rings. The van der Waals surface area contributed by atoms with Crippen LogP contribution >= 0.6 is 0 Å². The van der Waals surface area contributed by atoms with Crippen molar-refractivity contribution in [2.24, 2.45) is 11.8 Å². The van der Waals surface area contributed by atoms with Gasteiger partial charge < -0.3 is 10.2 Å². The maximum absolute atomic E-state index is 12.0. The molecule has 1 aliphatic carbocycles. The fourth-order valence-corrected chi connectivity index (χ4v) is 2.81. The number of unbranched alkanes of at least 4 members (excludes halogenated alkanes) is 3. The maximum Gasteiger partial charge on any atom is 0.303 e. The van der Waals surface area contributed by atoms with Gasteiger partial charge in [-0.2, -0.15) is 0 Å². The second kappa shape index (κ2) is 11.8. The summed E-state index contributed by atoms with van der Waals surface area (Å²) in [6, 6.07) is 0. The summed E-state index contributed by atoms with van der Waals surface area (Å²) in [5.41, 5.74) is 0. The van der Waals surface area contributed by atoms with E-state index in [9.17, 15) is 14.7 Å². The van der Waals surface area contributed by atoms with Gasteiger partial charge in [0, 0.05) is 18.3 Å². The van der Waals surface area contributed by atoms with Crippen LogP contribution in [0.5, 0.6) is 0 Å². The average Bonchev–Trinajstić information content (AvgIpc) is 2.89. The number of rotatable bonds is 12. The summed E-state index contributed by atoms with van der Waals surface area (Å²) in [6.07, 6.45) is 17.0. The summed E-state index contributed by atoms with van der Waals surface area (Å²) < 4.78 is 0. The molecule has 0 aliphatic heterocycles. The van der Waals surface area contributed by atoms with Crippen LogP contribution in [-0.2, 0) is 9.59 Å². The zero-order chi connectivity index (χ0) is 17.8. The van der Waals surface area contributed by atoms with Crippen LogP contribution in [0.4, 0.5) is 0 Å². The predicted octanol–water partition coefficient (Wildman–Crippen LogP) is 4.06. The quantitative estimate of drug-likeness (QED) is 0.417. The lowest BCUT2D eigenvalue weighted by Gasteiger charge is -2.13. The third kappa shape index (κ3) is 8.25. The zero-order valence-electron chi connectivity index (χ0n) is 14.6. The summed E-state index contributed by atoms with van der Waals surface area (Å²) in [7, 11) is 0. The number of allylic oxidation sites excluding steroid dienone is 5. The minimum absolute atomic E-state index is 0.0435. The monoisotopic (exact) mass is 334 g/mol. The van der Waals surface area contributed by atoms with Crippen molar-refractivity contribution in [2.75, 3.05) is 0 Å². The van der Waals surface area contributed by atoms with E-state index in [1.807, 2.05) is 30.4 Å². The molecule has 0 unspecified atom stereocenters. The van der Waals surface area contributed by atoms with Crippen LogP contribution in [0.15, 0.2) is 36.5 Å². The summed E-state index contributed by atoms with van der Waals surface area (Å²) in [4.78, 5) is 22.4. The highest BCUT2D eigenvalue weighted by atomic mass is 16.4. The summed E-state index contributed by atoms with van der Waals surface area (Å²) in [6.45, 7) is 2.14. The Labute approximate surface area is 145 Å². The lowest BCUT2D eigenvalue weighted by molar-refractivity contribution is -0.137. The van der Waals surface area contributed by atoms with Crippen LogP contribution in [0, 0.1) is 11.8 Å². The van der Waals surface area contributed by atoms with Gasteiger partial charge in [0.15, 0.2) is 5.78 Å². The van der Waals surface area contributed by atoms with E-state index in [0.717, 1.165) is 32.1 Å². The molecule has 0 aromatic carbocycles. The van der Waals surface area contributed by atoms with Gasteiger partial charge in [0.1, 0.15) is 0 Å². The number of aliphatic carboxylic acids is 1. The number of hydrogen-bond donors (Lipinski definition) is 2. The van der Waals surface area contributed by atoms with Crippen molar-refractivity contribution in [3.8, 4) is 0 Å². The van der Waals surface area contributed by atoms with Crippen molar-refractivity contribution in [3.05, 3.63) is 36.5 Å². The highest BCUT2D eigenvalue weighted by molar-refractivity contribution is 5.95. The Balaban J connectivity index is 2.38. The van der Waals surface area contributed by atoms with E-state index in [1.165, 1.54) is 0 Å².